The Bertz CT molecular complexity index is 2380. The van der Waals surface area contributed by atoms with Crippen LogP contribution in [0, 0.1) is 11.6 Å². The molecule has 5 amide bonds. The number of fused-ring (bicyclic) bond motifs is 2. The average molecular weight is 875 g/mol. The predicted octanol–water partition coefficient (Wildman–Crippen LogP) is 3.85. The fourth-order valence-corrected chi connectivity index (χ4v) is 7.91. The lowest BCUT2D eigenvalue weighted by Gasteiger charge is -2.35. The first-order valence-electron chi connectivity index (χ1n) is 20.2. The maximum Gasteiger partial charge on any atom is 0.255 e. The highest BCUT2D eigenvalue weighted by atomic mass is 35.5. The van der Waals surface area contributed by atoms with Crippen LogP contribution in [0.15, 0.2) is 61.4 Å². The van der Waals surface area contributed by atoms with E-state index < -0.39 is 23.6 Å². The molecular weight excluding hydrogens is 830 g/mol. The summed E-state index contributed by atoms with van der Waals surface area (Å²) in [7, 11) is 0. The van der Waals surface area contributed by atoms with Crippen molar-refractivity contribution in [2.24, 2.45) is 0 Å². The Kier molecular flexibility index (Phi) is 14.2. The molecule has 16 nitrogen and oxygen atoms in total. The second kappa shape index (κ2) is 20.1. The van der Waals surface area contributed by atoms with E-state index in [1.807, 2.05) is 11.0 Å². The van der Waals surface area contributed by atoms with E-state index in [0.29, 0.717) is 56.0 Å². The molecule has 0 unspecified atom stereocenters. The van der Waals surface area contributed by atoms with Gasteiger partial charge in [-0.2, -0.15) is 0 Å². The Morgan fingerprint density at radius 2 is 1.73 bits per heavy atom. The number of rotatable bonds is 18. The highest BCUT2D eigenvalue weighted by Gasteiger charge is 2.40. The summed E-state index contributed by atoms with van der Waals surface area (Å²) in [5.74, 6) is -2.22. The van der Waals surface area contributed by atoms with Crippen LogP contribution >= 0.6 is 11.6 Å². The molecule has 0 bridgehead atoms. The van der Waals surface area contributed by atoms with E-state index in [0.717, 1.165) is 11.3 Å². The van der Waals surface area contributed by atoms with Crippen molar-refractivity contribution >= 4 is 63.5 Å². The molecule has 0 saturated carbocycles. The molecule has 4 heterocycles. The second-order valence-corrected chi connectivity index (χ2v) is 15.0. The number of nitrogens with one attached hydrogen (secondary N) is 3. The topological polar surface area (TPSA) is 185 Å². The molecule has 3 aliphatic rings. The van der Waals surface area contributed by atoms with Crippen LogP contribution in [-0.2, 0) is 35.2 Å². The Morgan fingerprint density at radius 3 is 2.50 bits per heavy atom. The number of nitrogens with zero attached hydrogens (tertiary/aromatic N) is 5. The average Bonchev–Trinajstić information content (AvgIpc) is 3.61. The molecule has 0 aliphatic carbocycles. The number of imide groups is 1. The van der Waals surface area contributed by atoms with E-state index in [9.17, 15) is 24.0 Å². The number of piperazine rings is 1. The Balaban J connectivity index is 0.796. The molecule has 3 aromatic carbocycles. The highest BCUT2D eigenvalue weighted by Crippen LogP contribution is 2.40. The van der Waals surface area contributed by atoms with Gasteiger partial charge in [-0.3, -0.25) is 29.3 Å². The number of halogens is 3. The maximum atomic E-state index is 16.1. The van der Waals surface area contributed by atoms with Gasteiger partial charge in [0.05, 0.1) is 31.5 Å². The van der Waals surface area contributed by atoms with Gasteiger partial charge in [0.1, 0.15) is 41.9 Å². The zero-order valence-corrected chi connectivity index (χ0v) is 34.5. The number of carbonyl (C=O) groups is 5. The van der Waals surface area contributed by atoms with Gasteiger partial charge in [-0.15, -0.1) is 0 Å². The van der Waals surface area contributed by atoms with Crippen molar-refractivity contribution in [3.63, 3.8) is 0 Å². The monoisotopic (exact) mass is 874 g/mol. The molecule has 19 heteroatoms. The van der Waals surface area contributed by atoms with Gasteiger partial charge in [0.25, 0.3) is 5.91 Å². The van der Waals surface area contributed by atoms with Gasteiger partial charge in [0, 0.05) is 92.0 Å². The van der Waals surface area contributed by atoms with Crippen LogP contribution in [0.5, 0.6) is 5.75 Å². The molecule has 62 heavy (non-hydrogen) atoms. The smallest absolute Gasteiger partial charge is 0.255 e. The molecule has 326 valence electrons. The summed E-state index contributed by atoms with van der Waals surface area (Å²) in [5, 5.41) is 8.71. The van der Waals surface area contributed by atoms with E-state index in [1.165, 1.54) is 41.6 Å². The van der Waals surface area contributed by atoms with Crippen molar-refractivity contribution in [2.45, 2.75) is 31.8 Å². The Labute approximate surface area is 360 Å². The summed E-state index contributed by atoms with van der Waals surface area (Å²) in [6.07, 6.45) is 3.11. The molecule has 3 N–H and O–H groups in total. The zero-order chi connectivity index (χ0) is 43.8. The van der Waals surface area contributed by atoms with E-state index in [-0.39, 0.29) is 110 Å². The first-order valence-corrected chi connectivity index (χ1v) is 20.6. The van der Waals surface area contributed by atoms with Gasteiger partial charge in [0.2, 0.25) is 23.6 Å². The lowest BCUT2D eigenvalue weighted by atomic mass is 10.0. The first kappa shape index (κ1) is 43.8. The minimum absolute atomic E-state index is 0.0240. The number of piperidine rings is 1. The minimum Gasteiger partial charge on any atom is -0.491 e. The van der Waals surface area contributed by atoms with Crippen LogP contribution in [-0.4, -0.2) is 128 Å². The molecule has 0 spiro atoms. The van der Waals surface area contributed by atoms with Crippen LogP contribution in [0.3, 0.4) is 0 Å². The summed E-state index contributed by atoms with van der Waals surface area (Å²) in [5.41, 5.74) is 1.70. The number of anilines is 2. The van der Waals surface area contributed by atoms with Crippen molar-refractivity contribution in [1.29, 1.82) is 0 Å². The van der Waals surface area contributed by atoms with Gasteiger partial charge < -0.3 is 39.5 Å². The summed E-state index contributed by atoms with van der Waals surface area (Å²) in [6.45, 7) is 7.23. The fourth-order valence-electron chi connectivity index (χ4n) is 7.61. The van der Waals surface area contributed by atoms with Crippen molar-refractivity contribution in [3.8, 4) is 16.9 Å². The second-order valence-electron chi connectivity index (χ2n) is 14.6. The third kappa shape index (κ3) is 9.93. The summed E-state index contributed by atoms with van der Waals surface area (Å²) < 4.78 is 48.1. The lowest BCUT2D eigenvalue weighted by molar-refractivity contribution is -0.137. The van der Waals surface area contributed by atoms with E-state index in [1.54, 1.807) is 17.0 Å². The van der Waals surface area contributed by atoms with Crippen LogP contribution in [0.4, 0.5) is 20.3 Å². The summed E-state index contributed by atoms with van der Waals surface area (Å²) in [6, 6.07) is 10.1. The molecule has 1 aromatic heterocycles. The quantitative estimate of drug-likeness (QED) is 0.0747. The molecule has 2 fully saturated rings. The van der Waals surface area contributed by atoms with Gasteiger partial charge in [-0.1, -0.05) is 24.2 Å². The molecule has 4 aromatic rings. The molecule has 7 rings (SSSR count). The third-order valence-corrected chi connectivity index (χ3v) is 11.1. The first-order chi connectivity index (χ1) is 30.0. The Morgan fingerprint density at radius 1 is 0.952 bits per heavy atom. The number of carbonyl (C=O) groups excluding carboxylic acids is 5. The van der Waals surface area contributed by atoms with E-state index in [4.69, 9.17) is 25.8 Å². The van der Waals surface area contributed by atoms with Crippen LogP contribution in [0.1, 0.15) is 35.2 Å². The standard InChI is InChI=1S/C43H45ClF2N8O8/c1-2-37(57)52-13-15-53(16-14-52)41-29-23-31(44)38(39(46)40(29)49-25-50-41)28-22-26(6-7-32(28)45)62-21-20-61-19-18-60-17-10-35(55)48-12-11-47-33-5-3-4-27-30(33)24-54(43(27)59)34-8-9-36(56)51-42(34)58/h2-7,22-23,25,34,47H,1,8-21,24H2,(H,48,55)(H,51,56,58)/t34-/m1/s1. The number of ether oxygens (including phenoxy) is 3. The van der Waals surface area contributed by atoms with Crippen LogP contribution in [0.25, 0.3) is 22.0 Å². The van der Waals surface area contributed by atoms with Crippen molar-refractivity contribution in [1.82, 2.24) is 30.4 Å². The number of benzene rings is 3. The summed E-state index contributed by atoms with van der Waals surface area (Å²) in [4.78, 5) is 74.9. The maximum absolute atomic E-state index is 16.1. The number of aromatic nitrogens is 2. The SMILES string of the molecule is C=CC(=O)N1CCN(c2ncnc3c(F)c(-c4cc(OCCOCCOCCC(=O)NCCNc5cccc6c5CN([C@@H]5CCC(=O)NC5=O)C6=O)ccc4F)c(Cl)cc23)CC1. The number of hydrogen-bond donors (Lipinski definition) is 3. The molecular formula is C43H45ClF2N8O8. The lowest BCUT2D eigenvalue weighted by Crippen LogP contribution is -2.52. The van der Waals surface area contributed by atoms with E-state index in [2.05, 4.69) is 32.5 Å². The highest BCUT2D eigenvalue weighted by molar-refractivity contribution is 6.34. The van der Waals surface area contributed by atoms with Gasteiger partial charge in [-0.25, -0.2) is 18.7 Å². The van der Waals surface area contributed by atoms with Crippen LogP contribution < -0.4 is 25.6 Å². The van der Waals surface area contributed by atoms with Crippen molar-refractivity contribution in [3.05, 3.63) is 89.2 Å². The van der Waals surface area contributed by atoms with Crippen molar-refractivity contribution in [2.75, 3.05) is 82.5 Å². The Hall–Kier alpha value is -6.24. The van der Waals surface area contributed by atoms with Crippen molar-refractivity contribution < 1.29 is 47.0 Å². The molecule has 3 aliphatic heterocycles. The molecule has 1 atom stereocenters. The number of hydrogen-bond acceptors (Lipinski definition) is 12. The fraction of sp³-hybridized carbons (Fsp3) is 0.372. The van der Waals surface area contributed by atoms with E-state index >= 15 is 8.78 Å². The third-order valence-electron chi connectivity index (χ3n) is 10.8. The van der Waals surface area contributed by atoms with Gasteiger partial charge in [-0.05, 0) is 48.9 Å². The summed E-state index contributed by atoms with van der Waals surface area (Å²) >= 11 is 6.61. The van der Waals surface area contributed by atoms with Gasteiger partial charge >= 0.3 is 0 Å². The zero-order valence-electron chi connectivity index (χ0n) is 33.7. The molecule has 0 radical (unpaired) electrons. The van der Waals surface area contributed by atoms with Crippen LogP contribution in [0.2, 0.25) is 5.02 Å². The minimum atomic E-state index is -0.807. The largest absolute Gasteiger partial charge is 0.491 e. The normalized spacial score (nSPS) is 16.3. The molecule has 2 saturated heterocycles. The number of amides is 5. The van der Waals surface area contributed by atoms with Gasteiger partial charge in [0.15, 0.2) is 5.82 Å². The predicted molar refractivity (Wildman–Crippen MR) is 225 cm³/mol.